The van der Waals surface area contributed by atoms with Crippen LogP contribution in [0.4, 0.5) is 0 Å². The summed E-state index contributed by atoms with van der Waals surface area (Å²) in [5.41, 5.74) is 5.15. The van der Waals surface area contributed by atoms with Crippen LogP contribution in [0, 0.1) is 0 Å². The van der Waals surface area contributed by atoms with Gasteiger partial charge in [0.05, 0.1) is 24.8 Å². The van der Waals surface area contributed by atoms with E-state index < -0.39 is 60.5 Å². The minimum Gasteiger partial charge on any atom is -0.496 e. The summed E-state index contributed by atoms with van der Waals surface area (Å²) in [5, 5.41) is 38.3. The number of rotatable bonds is 9. The van der Waals surface area contributed by atoms with Crippen LogP contribution in [0.3, 0.4) is 0 Å². The normalized spacial score (nSPS) is 23.7. The Morgan fingerprint density at radius 1 is 1.21 bits per heavy atom. The fourth-order valence-electron chi connectivity index (χ4n) is 4.89. The quantitative estimate of drug-likeness (QED) is 0.185. The molecule has 2 aromatic carbocycles. The zero-order valence-electron chi connectivity index (χ0n) is 21.5. The van der Waals surface area contributed by atoms with Crippen molar-refractivity contribution in [3.05, 3.63) is 59.8 Å². The number of aliphatic hydroxyl groups is 3. The highest BCUT2D eigenvalue weighted by atomic mass is 32.2. The second-order valence-electron chi connectivity index (χ2n) is 9.64. The minimum absolute atomic E-state index is 0.0678. The maximum atomic E-state index is 13.2. The zero-order chi connectivity index (χ0) is 28.3. The molecule has 1 heterocycles. The maximum Gasteiger partial charge on any atom is 0.255 e. The molecule has 1 aliphatic rings. The third kappa shape index (κ3) is 6.04. The first-order valence-corrected chi connectivity index (χ1v) is 13.6. The van der Waals surface area contributed by atoms with Gasteiger partial charge in [0, 0.05) is 41.3 Å². The molecule has 1 saturated carbocycles. The second-order valence-corrected chi connectivity index (χ2v) is 10.5. The van der Waals surface area contributed by atoms with Crippen molar-refractivity contribution in [2.45, 2.75) is 54.1 Å². The van der Waals surface area contributed by atoms with E-state index in [1.807, 2.05) is 30.5 Å². The number of aromatic amines is 1. The second kappa shape index (κ2) is 11.7. The van der Waals surface area contributed by atoms with E-state index in [1.54, 1.807) is 24.4 Å². The van der Waals surface area contributed by atoms with Gasteiger partial charge in [-0.1, -0.05) is 18.2 Å². The number of hydrogen-bond donors (Lipinski definition) is 7. The van der Waals surface area contributed by atoms with Crippen molar-refractivity contribution < 1.29 is 34.4 Å². The number of amides is 3. The van der Waals surface area contributed by atoms with Gasteiger partial charge in [-0.2, -0.15) is 0 Å². The highest BCUT2D eigenvalue weighted by molar-refractivity contribution is 7.98. The average Bonchev–Trinajstić information content (AvgIpc) is 3.33. The van der Waals surface area contributed by atoms with E-state index in [-0.39, 0.29) is 12.0 Å². The van der Waals surface area contributed by atoms with E-state index in [4.69, 9.17) is 10.5 Å². The summed E-state index contributed by atoms with van der Waals surface area (Å²) in [4.78, 5) is 42.5. The molecule has 5 atom stereocenters. The molecule has 208 valence electrons. The van der Waals surface area contributed by atoms with Gasteiger partial charge in [-0.25, -0.2) is 0 Å². The van der Waals surface area contributed by atoms with Gasteiger partial charge in [-0.15, -0.1) is 11.8 Å². The Balaban J connectivity index is 1.50. The van der Waals surface area contributed by atoms with Crippen molar-refractivity contribution in [2.75, 3.05) is 13.4 Å². The molecule has 39 heavy (non-hydrogen) atoms. The van der Waals surface area contributed by atoms with Gasteiger partial charge in [0.2, 0.25) is 5.91 Å². The predicted octanol–water partition coefficient (Wildman–Crippen LogP) is 0.456. The zero-order valence-corrected chi connectivity index (χ0v) is 22.3. The molecule has 0 spiro atoms. The number of aromatic nitrogens is 1. The lowest BCUT2D eigenvalue weighted by molar-refractivity contribution is -0.159. The van der Waals surface area contributed by atoms with Crippen molar-refractivity contribution >= 4 is 40.4 Å². The van der Waals surface area contributed by atoms with E-state index in [9.17, 15) is 29.7 Å². The lowest BCUT2D eigenvalue weighted by Crippen LogP contribution is -2.64. The Morgan fingerprint density at radius 2 is 1.95 bits per heavy atom. The van der Waals surface area contributed by atoms with E-state index in [0.29, 0.717) is 5.75 Å². The smallest absolute Gasteiger partial charge is 0.255 e. The summed E-state index contributed by atoms with van der Waals surface area (Å²) in [6.07, 6.45) is -0.225. The lowest BCUT2D eigenvalue weighted by atomic mass is 9.77. The van der Waals surface area contributed by atoms with Gasteiger partial charge in [0.15, 0.2) is 0 Å². The lowest BCUT2D eigenvalue weighted by Gasteiger charge is -2.41. The van der Waals surface area contributed by atoms with Crippen LogP contribution >= 0.6 is 11.8 Å². The van der Waals surface area contributed by atoms with Crippen LogP contribution in [-0.4, -0.2) is 81.3 Å². The van der Waals surface area contributed by atoms with Gasteiger partial charge in [0.25, 0.3) is 11.8 Å². The molecular formula is C27H32N4O7S. The third-order valence-electron chi connectivity index (χ3n) is 7.05. The number of nitrogens with one attached hydrogen (secondary N) is 3. The Labute approximate surface area is 229 Å². The molecule has 0 aliphatic heterocycles. The van der Waals surface area contributed by atoms with Gasteiger partial charge < -0.3 is 41.4 Å². The van der Waals surface area contributed by atoms with Crippen LogP contribution in [0.25, 0.3) is 10.9 Å². The number of benzene rings is 2. The average molecular weight is 557 g/mol. The van der Waals surface area contributed by atoms with E-state index in [2.05, 4.69) is 15.6 Å². The fraction of sp³-hybridized carbons (Fsp3) is 0.370. The largest absolute Gasteiger partial charge is 0.496 e. The topological polar surface area (TPSA) is 187 Å². The Hall–Kier alpha value is -3.58. The van der Waals surface area contributed by atoms with Crippen molar-refractivity contribution in [3.63, 3.8) is 0 Å². The number of ether oxygens (including phenoxy) is 1. The number of thioether (sulfide) groups is 1. The number of carbonyl (C=O) groups excluding carboxylic acids is 3. The van der Waals surface area contributed by atoms with Gasteiger partial charge in [0.1, 0.15) is 23.5 Å². The first-order valence-electron chi connectivity index (χ1n) is 12.3. The summed E-state index contributed by atoms with van der Waals surface area (Å²) in [6.45, 7) is 0. The Kier molecular flexibility index (Phi) is 8.50. The molecule has 8 N–H and O–H groups in total. The summed E-state index contributed by atoms with van der Waals surface area (Å²) in [6, 6.07) is 10.1. The number of methoxy groups -OCH3 is 1. The molecule has 0 bridgehead atoms. The molecule has 11 nitrogen and oxygen atoms in total. The Morgan fingerprint density at radius 3 is 2.64 bits per heavy atom. The molecular weight excluding hydrogens is 524 g/mol. The summed E-state index contributed by atoms with van der Waals surface area (Å²) < 4.78 is 5.32. The summed E-state index contributed by atoms with van der Waals surface area (Å²) >= 11 is 1.47. The van der Waals surface area contributed by atoms with E-state index in [0.717, 1.165) is 21.4 Å². The van der Waals surface area contributed by atoms with E-state index in [1.165, 1.54) is 18.9 Å². The van der Waals surface area contributed by atoms with Gasteiger partial charge in [-0.3, -0.25) is 14.4 Å². The fourth-order valence-corrected chi connectivity index (χ4v) is 5.32. The predicted molar refractivity (Wildman–Crippen MR) is 145 cm³/mol. The molecule has 12 heteroatoms. The van der Waals surface area contributed by atoms with E-state index >= 15 is 0 Å². The molecule has 1 fully saturated rings. The summed E-state index contributed by atoms with van der Waals surface area (Å²) in [5.74, 6) is -2.06. The van der Waals surface area contributed by atoms with Crippen molar-refractivity contribution in [1.29, 1.82) is 0 Å². The molecule has 0 saturated heterocycles. The van der Waals surface area contributed by atoms with Crippen LogP contribution in [-0.2, 0) is 16.0 Å². The molecule has 1 aromatic heterocycles. The van der Waals surface area contributed by atoms with Crippen molar-refractivity contribution in [2.24, 2.45) is 5.73 Å². The van der Waals surface area contributed by atoms with Gasteiger partial charge in [-0.05, 0) is 36.1 Å². The first-order chi connectivity index (χ1) is 18.6. The molecule has 4 rings (SSSR count). The maximum absolute atomic E-state index is 13.2. The summed E-state index contributed by atoms with van der Waals surface area (Å²) in [7, 11) is 1.42. The third-order valence-corrected chi connectivity index (χ3v) is 7.78. The minimum atomic E-state index is -2.20. The van der Waals surface area contributed by atoms with Crippen molar-refractivity contribution in [1.82, 2.24) is 15.6 Å². The van der Waals surface area contributed by atoms with Crippen LogP contribution in [0.15, 0.2) is 53.6 Å². The highest BCUT2D eigenvalue weighted by Gasteiger charge is 2.49. The molecule has 3 aromatic rings. The van der Waals surface area contributed by atoms with Crippen LogP contribution < -0.4 is 21.1 Å². The van der Waals surface area contributed by atoms with Crippen LogP contribution in [0.1, 0.15) is 28.8 Å². The van der Waals surface area contributed by atoms with Crippen LogP contribution in [0.5, 0.6) is 5.75 Å². The highest BCUT2D eigenvalue weighted by Crippen LogP contribution is 2.31. The molecule has 0 radical (unpaired) electrons. The molecule has 3 amide bonds. The Bertz CT molecular complexity index is 1380. The monoisotopic (exact) mass is 556 g/mol. The molecule has 1 aliphatic carbocycles. The number of primary amides is 1. The number of nitrogens with two attached hydrogens (primary N) is 1. The number of para-hydroxylation sites is 1. The molecule has 5 unspecified atom stereocenters. The standard InChI is InChI=1S/C27H32N4O7S/c1-38-22-10-15(39-2)7-8-17(22)25(35)30-20-11-27(37,12-21(32)23(20)33)26(36)31-19(24(28)34)9-14-13-29-18-6-4-3-5-16(14)18/h3-8,10,13,19-21,23,29,32-33,37H,9,11-12H2,1-2H3,(H2,28,34)(H,30,35)(H,31,36). The number of fused-ring (bicyclic) bond motifs is 1. The number of hydrogen-bond acceptors (Lipinski definition) is 8. The number of H-pyrrole nitrogens is 1. The number of carbonyl (C=O) groups is 3. The first kappa shape index (κ1) is 28.4. The number of aliphatic hydroxyl groups excluding tert-OH is 2. The van der Waals surface area contributed by atoms with Crippen LogP contribution in [0.2, 0.25) is 0 Å². The van der Waals surface area contributed by atoms with Crippen molar-refractivity contribution in [3.8, 4) is 5.75 Å². The SMILES string of the molecule is COc1cc(SC)ccc1C(=O)NC1CC(O)(C(=O)NC(Cc2c[nH]c3ccccc23)C(N)=O)CC(O)C1O. The van der Waals surface area contributed by atoms with Gasteiger partial charge >= 0.3 is 0 Å².